The molecule has 20 heavy (non-hydrogen) atoms. The van der Waals surface area contributed by atoms with Crippen molar-refractivity contribution in [1.29, 1.82) is 0 Å². The van der Waals surface area contributed by atoms with E-state index >= 15 is 0 Å². The number of aliphatic carboxylic acids is 2. The molecule has 0 bridgehead atoms. The molecule has 0 aromatic carbocycles. The fraction of sp³-hybridized carbons (Fsp3) is 0.500. The van der Waals surface area contributed by atoms with Gasteiger partial charge in [-0.15, -0.1) is 0 Å². The van der Waals surface area contributed by atoms with Gasteiger partial charge in [0.15, 0.2) is 0 Å². The van der Waals surface area contributed by atoms with E-state index in [1.54, 1.807) is 19.3 Å². The number of nitrogens with zero attached hydrogens (tertiary/aromatic N) is 2. The molecule has 0 fully saturated rings. The third-order valence-corrected chi connectivity index (χ3v) is 2.97. The SMILES string of the molecule is CC(CN(CCCC(=O)O)Cc1ccncc1)C(=O)O. The summed E-state index contributed by atoms with van der Waals surface area (Å²) in [6.07, 6.45) is 3.97. The van der Waals surface area contributed by atoms with Crippen molar-refractivity contribution >= 4 is 11.9 Å². The first-order valence-corrected chi connectivity index (χ1v) is 6.55. The predicted molar refractivity (Wildman–Crippen MR) is 73.2 cm³/mol. The van der Waals surface area contributed by atoms with Gasteiger partial charge in [0.2, 0.25) is 0 Å². The van der Waals surface area contributed by atoms with E-state index in [-0.39, 0.29) is 6.42 Å². The number of hydrogen-bond acceptors (Lipinski definition) is 4. The molecule has 1 aromatic heterocycles. The van der Waals surface area contributed by atoms with Gasteiger partial charge in [-0.25, -0.2) is 0 Å². The van der Waals surface area contributed by atoms with E-state index < -0.39 is 17.9 Å². The first-order chi connectivity index (χ1) is 9.49. The average molecular weight is 280 g/mol. The third kappa shape index (κ3) is 6.29. The molecule has 1 aromatic rings. The van der Waals surface area contributed by atoms with E-state index in [2.05, 4.69) is 4.98 Å². The van der Waals surface area contributed by atoms with Crippen LogP contribution in [0.15, 0.2) is 24.5 Å². The van der Waals surface area contributed by atoms with Crippen molar-refractivity contribution in [3.8, 4) is 0 Å². The Morgan fingerprint density at radius 1 is 1.30 bits per heavy atom. The van der Waals surface area contributed by atoms with Crippen LogP contribution in [0.25, 0.3) is 0 Å². The van der Waals surface area contributed by atoms with Gasteiger partial charge < -0.3 is 10.2 Å². The van der Waals surface area contributed by atoms with E-state index in [1.165, 1.54) is 0 Å². The number of rotatable bonds is 9. The summed E-state index contributed by atoms with van der Waals surface area (Å²) in [7, 11) is 0. The lowest BCUT2D eigenvalue weighted by atomic mass is 10.1. The van der Waals surface area contributed by atoms with Gasteiger partial charge in [0.25, 0.3) is 0 Å². The predicted octanol–water partition coefficient (Wildman–Crippen LogP) is 1.47. The lowest BCUT2D eigenvalue weighted by molar-refractivity contribution is -0.142. The highest BCUT2D eigenvalue weighted by molar-refractivity contribution is 5.69. The highest BCUT2D eigenvalue weighted by Crippen LogP contribution is 2.08. The lowest BCUT2D eigenvalue weighted by Gasteiger charge is -2.24. The summed E-state index contributed by atoms with van der Waals surface area (Å²) >= 11 is 0. The largest absolute Gasteiger partial charge is 0.481 e. The highest BCUT2D eigenvalue weighted by Gasteiger charge is 2.16. The van der Waals surface area contributed by atoms with Crippen LogP contribution in [0.3, 0.4) is 0 Å². The van der Waals surface area contributed by atoms with Gasteiger partial charge in [0.05, 0.1) is 5.92 Å². The van der Waals surface area contributed by atoms with Gasteiger partial charge in [-0.3, -0.25) is 19.5 Å². The number of carbonyl (C=O) groups is 2. The van der Waals surface area contributed by atoms with Crippen molar-refractivity contribution in [1.82, 2.24) is 9.88 Å². The molecule has 1 rings (SSSR count). The van der Waals surface area contributed by atoms with Gasteiger partial charge in [-0.2, -0.15) is 0 Å². The smallest absolute Gasteiger partial charge is 0.307 e. The lowest BCUT2D eigenvalue weighted by Crippen LogP contribution is -2.32. The van der Waals surface area contributed by atoms with Gasteiger partial charge in [0.1, 0.15) is 0 Å². The van der Waals surface area contributed by atoms with Crippen LogP contribution in [0.4, 0.5) is 0 Å². The Kier molecular flexibility index (Phi) is 6.66. The Balaban J connectivity index is 2.58. The first-order valence-electron chi connectivity index (χ1n) is 6.55. The quantitative estimate of drug-likeness (QED) is 0.712. The molecule has 0 aliphatic rings. The van der Waals surface area contributed by atoms with Crippen molar-refractivity contribution in [2.24, 2.45) is 5.92 Å². The molecule has 0 aliphatic heterocycles. The summed E-state index contributed by atoms with van der Waals surface area (Å²) in [5.74, 6) is -2.16. The van der Waals surface area contributed by atoms with E-state index in [1.807, 2.05) is 17.0 Å². The molecule has 0 amide bonds. The van der Waals surface area contributed by atoms with Crippen LogP contribution in [-0.2, 0) is 16.1 Å². The molecular formula is C14H20N2O4. The maximum Gasteiger partial charge on any atom is 0.307 e. The summed E-state index contributed by atoms with van der Waals surface area (Å²) in [6.45, 7) is 3.21. The second kappa shape index (κ2) is 8.27. The first kappa shape index (κ1) is 16.1. The van der Waals surface area contributed by atoms with Crippen LogP contribution >= 0.6 is 0 Å². The van der Waals surface area contributed by atoms with Crippen LogP contribution in [-0.4, -0.2) is 45.1 Å². The molecule has 1 atom stereocenters. The van der Waals surface area contributed by atoms with Crippen molar-refractivity contribution < 1.29 is 19.8 Å². The maximum atomic E-state index is 10.9. The second-order valence-electron chi connectivity index (χ2n) is 4.83. The molecule has 0 saturated heterocycles. The van der Waals surface area contributed by atoms with Gasteiger partial charge in [-0.05, 0) is 30.7 Å². The molecular weight excluding hydrogens is 260 g/mol. The molecule has 0 saturated carbocycles. The summed E-state index contributed by atoms with van der Waals surface area (Å²) in [5, 5.41) is 17.6. The molecule has 1 unspecified atom stereocenters. The van der Waals surface area contributed by atoms with Crippen LogP contribution in [0, 0.1) is 5.92 Å². The molecule has 0 radical (unpaired) electrons. The molecule has 110 valence electrons. The standard InChI is InChI=1S/C14H20N2O4/c1-11(14(19)20)9-16(8-2-3-13(17)18)10-12-4-6-15-7-5-12/h4-7,11H,2-3,8-10H2,1H3,(H,17,18)(H,19,20). The Morgan fingerprint density at radius 2 is 1.95 bits per heavy atom. The third-order valence-electron chi connectivity index (χ3n) is 2.97. The van der Waals surface area contributed by atoms with Gasteiger partial charge >= 0.3 is 11.9 Å². The molecule has 6 nitrogen and oxygen atoms in total. The number of aromatic nitrogens is 1. The molecule has 2 N–H and O–H groups in total. The number of carboxylic acids is 2. The fourth-order valence-electron chi connectivity index (χ4n) is 1.90. The van der Waals surface area contributed by atoms with Crippen molar-refractivity contribution in [2.75, 3.05) is 13.1 Å². The van der Waals surface area contributed by atoms with E-state index in [9.17, 15) is 9.59 Å². The van der Waals surface area contributed by atoms with Crippen molar-refractivity contribution in [3.05, 3.63) is 30.1 Å². The Morgan fingerprint density at radius 3 is 2.50 bits per heavy atom. The van der Waals surface area contributed by atoms with Gasteiger partial charge in [-0.1, -0.05) is 6.92 Å². The summed E-state index contributed by atoms with van der Waals surface area (Å²) in [4.78, 5) is 27.4. The van der Waals surface area contributed by atoms with E-state index in [0.717, 1.165) is 5.56 Å². The Labute approximate surface area is 118 Å². The van der Waals surface area contributed by atoms with Crippen LogP contribution in [0.1, 0.15) is 25.3 Å². The molecule has 1 heterocycles. The van der Waals surface area contributed by atoms with Crippen molar-refractivity contribution in [3.63, 3.8) is 0 Å². The van der Waals surface area contributed by atoms with Crippen molar-refractivity contribution in [2.45, 2.75) is 26.3 Å². The summed E-state index contributed by atoms with van der Waals surface area (Å²) < 4.78 is 0. The second-order valence-corrected chi connectivity index (χ2v) is 4.83. The average Bonchev–Trinajstić information content (AvgIpc) is 2.39. The number of pyridine rings is 1. The minimum absolute atomic E-state index is 0.0916. The van der Waals surface area contributed by atoms with E-state index in [0.29, 0.717) is 26.1 Å². The fourth-order valence-corrected chi connectivity index (χ4v) is 1.90. The number of carboxylic acid groups (broad SMARTS) is 2. The summed E-state index contributed by atoms with van der Waals surface area (Å²) in [6, 6.07) is 3.74. The zero-order valence-corrected chi connectivity index (χ0v) is 11.5. The molecule has 0 aliphatic carbocycles. The van der Waals surface area contributed by atoms with Crippen LogP contribution in [0.2, 0.25) is 0 Å². The highest BCUT2D eigenvalue weighted by atomic mass is 16.4. The molecule has 6 heteroatoms. The van der Waals surface area contributed by atoms with Crippen LogP contribution in [0.5, 0.6) is 0 Å². The zero-order chi connectivity index (χ0) is 15.0. The summed E-state index contributed by atoms with van der Waals surface area (Å²) in [5.41, 5.74) is 1.04. The zero-order valence-electron chi connectivity index (χ0n) is 11.5. The topological polar surface area (TPSA) is 90.7 Å². The van der Waals surface area contributed by atoms with E-state index in [4.69, 9.17) is 10.2 Å². The molecule has 0 spiro atoms. The van der Waals surface area contributed by atoms with Gasteiger partial charge in [0, 0.05) is 31.9 Å². The Hall–Kier alpha value is -1.95. The monoisotopic (exact) mass is 280 g/mol. The maximum absolute atomic E-state index is 10.9. The minimum Gasteiger partial charge on any atom is -0.481 e. The number of hydrogen-bond donors (Lipinski definition) is 2. The Bertz CT molecular complexity index is 436. The normalized spacial score (nSPS) is 12.3. The minimum atomic E-state index is -0.844. The van der Waals surface area contributed by atoms with Crippen LogP contribution < -0.4 is 0 Å².